The number of hydrogen-bond acceptors (Lipinski definition) is 5. The molecular weight excluding hydrogens is 312 g/mol. The summed E-state index contributed by atoms with van der Waals surface area (Å²) in [5.74, 6) is -0.128. The summed E-state index contributed by atoms with van der Waals surface area (Å²) < 4.78 is 4.83. The molecule has 1 amide bonds. The van der Waals surface area contributed by atoms with Crippen molar-refractivity contribution >= 4 is 17.2 Å². The van der Waals surface area contributed by atoms with Gasteiger partial charge in [-0.25, -0.2) is 4.98 Å². The van der Waals surface area contributed by atoms with E-state index < -0.39 is 6.10 Å². The topological polar surface area (TPSA) is 71.5 Å². The van der Waals surface area contributed by atoms with E-state index in [2.05, 4.69) is 10.3 Å². The number of methoxy groups -OCH3 is 1. The van der Waals surface area contributed by atoms with Crippen LogP contribution < -0.4 is 5.32 Å². The average molecular weight is 334 g/mol. The molecule has 6 heteroatoms. The van der Waals surface area contributed by atoms with E-state index in [0.29, 0.717) is 0 Å². The van der Waals surface area contributed by atoms with Crippen molar-refractivity contribution in [2.45, 2.75) is 26.4 Å². The molecule has 23 heavy (non-hydrogen) atoms. The summed E-state index contributed by atoms with van der Waals surface area (Å²) in [5, 5.41) is 13.2. The van der Waals surface area contributed by atoms with Crippen molar-refractivity contribution < 1.29 is 14.6 Å². The van der Waals surface area contributed by atoms with Crippen LogP contribution in [0, 0.1) is 13.8 Å². The minimum absolute atomic E-state index is 0.128. The number of benzene rings is 1. The second kappa shape index (κ2) is 8.19. The van der Waals surface area contributed by atoms with E-state index in [1.165, 1.54) is 24.0 Å². The maximum absolute atomic E-state index is 12.1. The van der Waals surface area contributed by atoms with Gasteiger partial charge in [-0.1, -0.05) is 29.8 Å². The third kappa shape index (κ3) is 5.13. The van der Waals surface area contributed by atoms with E-state index in [0.717, 1.165) is 21.1 Å². The molecule has 1 heterocycles. The van der Waals surface area contributed by atoms with Crippen LogP contribution in [-0.2, 0) is 16.0 Å². The van der Waals surface area contributed by atoms with Crippen molar-refractivity contribution in [2.75, 3.05) is 20.3 Å². The number of nitrogens with one attached hydrogen (secondary N) is 1. The normalized spacial score (nSPS) is 12.2. The number of nitrogens with zero attached hydrogens (tertiary/aromatic N) is 1. The van der Waals surface area contributed by atoms with Crippen LogP contribution in [0.2, 0.25) is 0 Å². The minimum atomic E-state index is -0.691. The van der Waals surface area contributed by atoms with Crippen molar-refractivity contribution in [2.24, 2.45) is 0 Å². The Bertz CT molecular complexity index is 652. The average Bonchev–Trinajstić information content (AvgIpc) is 2.87. The zero-order valence-electron chi connectivity index (χ0n) is 13.6. The molecule has 2 N–H and O–H groups in total. The molecule has 2 rings (SSSR count). The zero-order valence-corrected chi connectivity index (χ0v) is 14.4. The van der Waals surface area contributed by atoms with Crippen LogP contribution in [0.1, 0.15) is 15.4 Å². The van der Waals surface area contributed by atoms with E-state index in [1.54, 1.807) is 0 Å². The highest BCUT2D eigenvalue weighted by Gasteiger charge is 2.15. The molecule has 0 aliphatic carbocycles. The lowest BCUT2D eigenvalue weighted by Gasteiger charge is -2.10. The minimum Gasteiger partial charge on any atom is -0.389 e. The number of rotatable bonds is 7. The fourth-order valence-corrected chi connectivity index (χ4v) is 3.17. The predicted molar refractivity (Wildman–Crippen MR) is 91.6 cm³/mol. The number of amides is 1. The van der Waals surface area contributed by atoms with Crippen LogP contribution in [0.5, 0.6) is 0 Å². The van der Waals surface area contributed by atoms with Crippen molar-refractivity contribution in [3.63, 3.8) is 0 Å². The van der Waals surface area contributed by atoms with Gasteiger partial charge in [-0.15, -0.1) is 11.3 Å². The Morgan fingerprint density at radius 3 is 2.70 bits per heavy atom. The molecule has 1 aromatic heterocycles. The molecule has 2 aromatic rings. The number of thiazole rings is 1. The summed E-state index contributed by atoms with van der Waals surface area (Å²) in [5.41, 5.74) is 3.06. The molecule has 0 saturated heterocycles. The molecule has 0 fully saturated rings. The first-order chi connectivity index (χ1) is 11.0. The van der Waals surface area contributed by atoms with Gasteiger partial charge in [-0.2, -0.15) is 0 Å². The molecule has 0 bridgehead atoms. The molecule has 0 spiro atoms. The third-order valence-electron chi connectivity index (χ3n) is 3.34. The van der Waals surface area contributed by atoms with Gasteiger partial charge in [0.1, 0.15) is 0 Å². The van der Waals surface area contributed by atoms with Crippen molar-refractivity contribution in [3.05, 3.63) is 39.7 Å². The van der Waals surface area contributed by atoms with E-state index in [9.17, 15) is 9.90 Å². The molecule has 124 valence electrons. The fraction of sp³-hybridized carbons (Fsp3) is 0.412. The first-order valence-corrected chi connectivity index (χ1v) is 8.28. The molecular formula is C17H22N2O3S. The van der Waals surface area contributed by atoms with Crippen LogP contribution in [0.4, 0.5) is 0 Å². The van der Waals surface area contributed by atoms with Crippen LogP contribution in [0.25, 0.3) is 11.3 Å². The Kier molecular flexibility index (Phi) is 6.27. The standard InChI is InChI=1S/C17H22N2O3S/c1-11-4-6-13(7-5-11)17-15(23-12(2)19-17)8-16(21)18-9-14(20)10-22-3/h4-7,14,20H,8-10H2,1-3H3,(H,18,21). The Morgan fingerprint density at radius 1 is 1.35 bits per heavy atom. The van der Waals surface area contributed by atoms with Gasteiger partial charge in [0.25, 0.3) is 0 Å². The van der Waals surface area contributed by atoms with Gasteiger partial charge in [-0.3, -0.25) is 4.79 Å². The number of aliphatic hydroxyl groups excluding tert-OH is 1. The predicted octanol–water partition coefficient (Wildman–Crippen LogP) is 2.09. The SMILES string of the molecule is COCC(O)CNC(=O)Cc1sc(C)nc1-c1ccc(C)cc1. The maximum atomic E-state index is 12.1. The van der Waals surface area contributed by atoms with Gasteiger partial charge in [0.2, 0.25) is 5.91 Å². The summed E-state index contributed by atoms with van der Waals surface area (Å²) >= 11 is 1.53. The summed E-state index contributed by atoms with van der Waals surface area (Å²) in [4.78, 5) is 17.6. The van der Waals surface area contributed by atoms with E-state index in [-0.39, 0.29) is 25.5 Å². The first kappa shape index (κ1) is 17.6. The van der Waals surface area contributed by atoms with Gasteiger partial charge in [0.15, 0.2) is 0 Å². The molecule has 5 nitrogen and oxygen atoms in total. The van der Waals surface area contributed by atoms with Crippen LogP contribution in [0.15, 0.2) is 24.3 Å². The highest BCUT2D eigenvalue weighted by Crippen LogP contribution is 2.28. The maximum Gasteiger partial charge on any atom is 0.225 e. The van der Waals surface area contributed by atoms with Gasteiger partial charge in [-0.05, 0) is 13.8 Å². The lowest BCUT2D eigenvalue weighted by atomic mass is 10.1. The molecule has 1 aromatic carbocycles. The molecule has 0 radical (unpaired) electrons. The summed E-state index contributed by atoms with van der Waals surface area (Å²) in [6, 6.07) is 8.12. The molecule has 0 saturated carbocycles. The number of ether oxygens (including phenoxy) is 1. The number of aromatic nitrogens is 1. The number of carbonyl (C=O) groups excluding carboxylic acids is 1. The molecule has 1 atom stereocenters. The number of aryl methyl sites for hydroxylation is 2. The van der Waals surface area contributed by atoms with Crippen molar-refractivity contribution in [3.8, 4) is 11.3 Å². The number of carbonyl (C=O) groups is 1. The van der Waals surface area contributed by atoms with Gasteiger partial charge >= 0.3 is 0 Å². The number of hydrogen-bond donors (Lipinski definition) is 2. The summed E-state index contributed by atoms with van der Waals surface area (Å²) in [7, 11) is 1.51. The Morgan fingerprint density at radius 2 is 2.04 bits per heavy atom. The highest BCUT2D eigenvalue weighted by atomic mass is 32.1. The fourth-order valence-electron chi connectivity index (χ4n) is 2.22. The second-order valence-corrected chi connectivity index (χ2v) is 6.75. The Balaban J connectivity index is 2.05. The molecule has 1 unspecified atom stereocenters. The van der Waals surface area contributed by atoms with Crippen LogP contribution in [0.3, 0.4) is 0 Å². The van der Waals surface area contributed by atoms with Gasteiger partial charge in [0, 0.05) is 24.1 Å². The zero-order chi connectivity index (χ0) is 16.8. The molecule has 0 aliphatic heterocycles. The van der Waals surface area contributed by atoms with Gasteiger partial charge in [0.05, 0.1) is 29.8 Å². The monoisotopic (exact) mass is 334 g/mol. The summed E-state index contributed by atoms with van der Waals surface area (Å²) in [6.45, 7) is 4.36. The number of aliphatic hydroxyl groups is 1. The van der Waals surface area contributed by atoms with Crippen LogP contribution >= 0.6 is 11.3 Å². The second-order valence-electron chi connectivity index (χ2n) is 5.46. The third-order valence-corrected chi connectivity index (χ3v) is 4.32. The Labute approximate surface area is 140 Å². The quantitative estimate of drug-likeness (QED) is 0.813. The van der Waals surface area contributed by atoms with Crippen molar-refractivity contribution in [1.82, 2.24) is 10.3 Å². The van der Waals surface area contributed by atoms with Crippen LogP contribution in [-0.4, -0.2) is 42.4 Å². The molecule has 0 aliphatic rings. The highest BCUT2D eigenvalue weighted by molar-refractivity contribution is 7.12. The summed E-state index contributed by atoms with van der Waals surface area (Å²) in [6.07, 6.45) is -0.433. The first-order valence-electron chi connectivity index (χ1n) is 7.46. The largest absolute Gasteiger partial charge is 0.389 e. The lowest BCUT2D eigenvalue weighted by Crippen LogP contribution is -2.35. The Hall–Kier alpha value is -1.76. The van der Waals surface area contributed by atoms with E-state index in [4.69, 9.17) is 4.74 Å². The van der Waals surface area contributed by atoms with Gasteiger partial charge < -0.3 is 15.2 Å². The lowest BCUT2D eigenvalue weighted by molar-refractivity contribution is -0.121. The smallest absolute Gasteiger partial charge is 0.225 e. The van der Waals surface area contributed by atoms with E-state index in [1.807, 2.05) is 38.1 Å². The van der Waals surface area contributed by atoms with Crippen molar-refractivity contribution in [1.29, 1.82) is 0 Å². The van der Waals surface area contributed by atoms with E-state index >= 15 is 0 Å².